The van der Waals surface area contributed by atoms with Gasteiger partial charge in [-0.3, -0.25) is 0 Å². The van der Waals surface area contributed by atoms with Gasteiger partial charge in [-0.25, -0.2) is 4.98 Å². The van der Waals surface area contributed by atoms with Gasteiger partial charge in [0.1, 0.15) is 17.3 Å². The lowest BCUT2D eigenvalue weighted by molar-refractivity contribution is 0.163. The lowest BCUT2D eigenvalue weighted by atomic mass is 10.4. The van der Waals surface area contributed by atoms with E-state index in [0.717, 1.165) is 0 Å². The summed E-state index contributed by atoms with van der Waals surface area (Å²) in [5.41, 5.74) is 17.6. The molecule has 0 N–H and O–H groups in total. The normalized spacial score (nSPS) is 10.8. The summed E-state index contributed by atoms with van der Waals surface area (Å²) >= 11 is 6.58. The molecule has 0 fully saturated rings. The second kappa shape index (κ2) is 10.7. The molecule has 0 saturated carbocycles. The van der Waals surface area contributed by atoms with Crippen LogP contribution in [0.25, 0.3) is 20.9 Å². The summed E-state index contributed by atoms with van der Waals surface area (Å²) in [6, 6.07) is 0. The number of aromatic nitrogens is 1. The highest BCUT2D eigenvalue weighted by Gasteiger charge is 2.26. The minimum absolute atomic E-state index is 0.0468. The molecule has 0 saturated heterocycles. The van der Waals surface area contributed by atoms with Gasteiger partial charge in [-0.1, -0.05) is 0 Å². The van der Waals surface area contributed by atoms with E-state index in [1.807, 2.05) is 0 Å². The van der Waals surface area contributed by atoms with E-state index in [0.29, 0.717) is 19.8 Å². The van der Waals surface area contributed by atoms with Crippen LogP contribution in [0.15, 0.2) is 23.9 Å². The van der Waals surface area contributed by atoms with E-state index in [1.165, 1.54) is 0 Å². The van der Waals surface area contributed by atoms with Gasteiger partial charge in [-0.2, -0.15) is 4.74 Å². The summed E-state index contributed by atoms with van der Waals surface area (Å²) < 4.78 is 22.0. The molecule has 0 aliphatic heterocycles. The first-order valence-corrected chi connectivity index (χ1v) is 10.1. The smallest absolute Gasteiger partial charge is 0.303 e. The predicted octanol–water partition coefficient (Wildman–Crippen LogP) is 7.18. The Morgan fingerprint density at radius 1 is 0.920 bits per heavy atom. The molecule has 0 aromatic carbocycles. The van der Waals surface area contributed by atoms with E-state index >= 15 is 0 Å². The summed E-state index contributed by atoms with van der Waals surface area (Å²) in [4.78, 5) is 9.38. The van der Waals surface area contributed by atoms with Gasteiger partial charge < -0.3 is 13.6 Å². The van der Waals surface area contributed by atoms with Crippen LogP contribution >= 0.6 is 39.6 Å². The average Bonchev–Trinajstić information content (AvgIpc) is 2.57. The third kappa shape index (κ3) is 5.67. The summed E-state index contributed by atoms with van der Waals surface area (Å²) in [7, 11) is -3.08. The minimum atomic E-state index is -3.08. The number of rotatable bonds is 9. The third-order valence-corrected chi connectivity index (χ3v) is 6.06. The summed E-state index contributed by atoms with van der Waals surface area (Å²) in [6.45, 7) is 6.29. The highest BCUT2D eigenvalue weighted by atomic mass is 79.9. The fraction of sp³-hybridized carbons (Fsp3) is 0.545. The van der Waals surface area contributed by atoms with Crippen molar-refractivity contribution >= 4 is 56.9 Å². The molecule has 25 heavy (non-hydrogen) atoms. The Balaban J connectivity index is 3.81. The zero-order valence-corrected chi connectivity index (χ0v) is 17.7. The first kappa shape index (κ1) is 21.9. The quantitative estimate of drug-likeness (QED) is 0.153. The van der Waals surface area contributed by atoms with Crippen LogP contribution in [0.2, 0.25) is 0 Å². The van der Waals surface area contributed by atoms with Crippen molar-refractivity contribution in [2.45, 2.75) is 20.8 Å². The van der Waals surface area contributed by atoms with Crippen LogP contribution in [-0.4, -0.2) is 24.8 Å². The minimum Gasteiger partial charge on any atom is -0.303 e. The molecule has 0 aliphatic carbocycles. The van der Waals surface area contributed by atoms with Gasteiger partial charge in [0.2, 0.25) is 0 Å². The SMILES string of the molecule is CCOP(=Nc1c(Br)c(N=[N+]=[N-])nc(N=[N+]=[N-])c1Br)(OCC)OCC. The number of hydrogen-bond acceptors (Lipinski definition) is 7. The van der Waals surface area contributed by atoms with Gasteiger partial charge in [0.15, 0.2) is 0 Å². The van der Waals surface area contributed by atoms with Crippen LogP contribution in [0.5, 0.6) is 0 Å². The van der Waals surface area contributed by atoms with Crippen molar-refractivity contribution in [3.63, 3.8) is 0 Å². The number of halogens is 2. The van der Waals surface area contributed by atoms with Gasteiger partial charge in [-0.05, 0) is 73.9 Å². The van der Waals surface area contributed by atoms with Crippen molar-refractivity contribution in [3.05, 3.63) is 29.8 Å². The maximum Gasteiger partial charge on any atom is 0.360 e. The molecule has 1 aromatic rings. The molecule has 14 heteroatoms. The molecule has 0 unspecified atom stereocenters. The van der Waals surface area contributed by atoms with Crippen molar-refractivity contribution in [2.75, 3.05) is 19.8 Å². The number of nitrogens with zero attached hydrogens (tertiary/aromatic N) is 8. The highest BCUT2D eigenvalue weighted by molar-refractivity contribution is 9.11. The predicted molar refractivity (Wildman–Crippen MR) is 101 cm³/mol. The maximum absolute atomic E-state index is 8.69. The molecular formula is C11H15Br2N8O3P. The Labute approximate surface area is 160 Å². The Bertz CT molecular complexity index is 711. The van der Waals surface area contributed by atoms with Crippen molar-refractivity contribution in [1.82, 2.24) is 4.98 Å². The second-order valence-electron chi connectivity index (χ2n) is 3.94. The Morgan fingerprint density at radius 2 is 1.32 bits per heavy atom. The van der Waals surface area contributed by atoms with E-state index in [9.17, 15) is 0 Å². The lowest BCUT2D eigenvalue weighted by Crippen LogP contribution is -2.00. The summed E-state index contributed by atoms with van der Waals surface area (Å²) in [5, 5.41) is 6.93. The van der Waals surface area contributed by atoms with Crippen molar-refractivity contribution in [3.8, 4) is 0 Å². The summed E-state index contributed by atoms with van der Waals surface area (Å²) in [6.07, 6.45) is 0. The zero-order chi connectivity index (χ0) is 18.9. The monoisotopic (exact) mass is 496 g/mol. The number of pyridine rings is 1. The maximum atomic E-state index is 8.69. The molecule has 1 rings (SSSR count). The van der Waals surface area contributed by atoms with Crippen molar-refractivity contribution < 1.29 is 13.6 Å². The molecule has 1 aromatic heterocycles. The average molecular weight is 498 g/mol. The highest BCUT2D eigenvalue weighted by Crippen LogP contribution is 2.58. The van der Waals surface area contributed by atoms with Crippen LogP contribution < -0.4 is 0 Å². The largest absolute Gasteiger partial charge is 0.360 e. The molecule has 0 aliphatic rings. The molecule has 136 valence electrons. The first-order valence-electron chi connectivity index (χ1n) is 7.03. The van der Waals surface area contributed by atoms with E-state index in [1.54, 1.807) is 20.8 Å². The van der Waals surface area contributed by atoms with Crippen LogP contribution in [0, 0.1) is 0 Å². The van der Waals surface area contributed by atoms with Crippen molar-refractivity contribution in [2.24, 2.45) is 15.0 Å². The number of azide groups is 2. The van der Waals surface area contributed by atoms with Crippen LogP contribution in [0.1, 0.15) is 20.8 Å². The topological polar surface area (TPSA) is 150 Å². The molecular weight excluding hydrogens is 483 g/mol. The third-order valence-electron chi connectivity index (χ3n) is 2.40. The Morgan fingerprint density at radius 3 is 1.64 bits per heavy atom. The lowest BCUT2D eigenvalue weighted by Gasteiger charge is -2.22. The van der Waals surface area contributed by atoms with E-state index in [4.69, 9.17) is 24.6 Å². The van der Waals surface area contributed by atoms with Gasteiger partial charge in [0, 0.05) is 9.82 Å². The van der Waals surface area contributed by atoms with Crippen LogP contribution in [0.3, 0.4) is 0 Å². The molecule has 0 spiro atoms. The fourth-order valence-corrected chi connectivity index (χ4v) is 4.89. The molecule has 0 atom stereocenters. The van der Waals surface area contributed by atoms with E-state index < -0.39 is 7.74 Å². The first-order chi connectivity index (χ1) is 12.0. The fourth-order valence-electron chi connectivity index (χ4n) is 1.62. The van der Waals surface area contributed by atoms with Crippen LogP contribution in [-0.2, 0) is 13.6 Å². The van der Waals surface area contributed by atoms with Crippen LogP contribution in [0.4, 0.5) is 17.3 Å². The zero-order valence-electron chi connectivity index (χ0n) is 13.6. The second-order valence-corrected chi connectivity index (χ2v) is 7.43. The molecule has 1 heterocycles. The van der Waals surface area contributed by atoms with Gasteiger partial charge in [-0.15, -0.1) is 0 Å². The summed E-state index contributed by atoms with van der Waals surface area (Å²) in [5.74, 6) is -0.0936. The van der Waals surface area contributed by atoms with Gasteiger partial charge in [0.25, 0.3) is 0 Å². The molecule has 0 amide bonds. The molecule has 0 bridgehead atoms. The Hall–Kier alpha value is -1.16. The van der Waals surface area contributed by atoms with Gasteiger partial charge in [0.05, 0.1) is 28.8 Å². The molecule has 11 nitrogen and oxygen atoms in total. The van der Waals surface area contributed by atoms with E-state index in [-0.39, 0.29) is 26.3 Å². The molecule has 0 radical (unpaired) electrons. The number of hydrogen-bond donors (Lipinski definition) is 0. The van der Waals surface area contributed by atoms with Crippen molar-refractivity contribution in [1.29, 1.82) is 0 Å². The van der Waals surface area contributed by atoms with E-state index in [2.05, 4.69) is 61.6 Å². The standard InChI is InChI=1S/C11H15Br2N8O3P/c1-4-22-25(23-5-2,24-6-3)19-9-7(12)10(17-20-14)16-11(8(9)13)18-21-15/h4-6H2,1-3H3. The Kier molecular flexibility index (Phi) is 9.41. The van der Waals surface area contributed by atoms with Gasteiger partial charge >= 0.3 is 7.74 Å².